The van der Waals surface area contributed by atoms with Gasteiger partial charge in [0.15, 0.2) is 0 Å². The summed E-state index contributed by atoms with van der Waals surface area (Å²) in [5.74, 6) is 1.04. The van der Waals surface area contributed by atoms with E-state index in [1.54, 1.807) is 32.4 Å². The zero-order chi connectivity index (χ0) is 18.5. The number of carbonyl (C=O) groups excluding carboxylic acids is 1. The highest BCUT2D eigenvalue weighted by molar-refractivity contribution is 6.04. The van der Waals surface area contributed by atoms with E-state index in [4.69, 9.17) is 9.47 Å². The van der Waals surface area contributed by atoms with Crippen molar-refractivity contribution in [2.24, 2.45) is 0 Å². The minimum Gasteiger partial charge on any atom is -0.497 e. The summed E-state index contributed by atoms with van der Waals surface area (Å²) in [6.45, 7) is 2.40. The molecule has 1 atom stereocenters. The molecule has 6 nitrogen and oxygen atoms in total. The third-order valence-electron chi connectivity index (χ3n) is 4.48. The standard InChI is InChI=1S/C20H24N2O4/c1-25-18-9-16(10-19(11-18)26-2)21-20(24)15-5-3-14(4-6-15)12-22-8-7-17(23)13-22/h3-6,9-11,17,23H,7-8,12-13H2,1-2H3,(H,21,24)/t17-/m0/s1. The van der Waals surface area contributed by atoms with E-state index in [0.29, 0.717) is 29.3 Å². The number of benzene rings is 2. The van der Waals surface area contributed by atoms with E-state index in [1.807, 2.05) is 24.3 Å². The number of methoxy groups -OCH3 is 2. The largest absolute Gasteiger partial charge is 0.497 e. The number of β-amino-alcohol motifs (C(OH)–C–C–N with tert-alkyl or cyclic N) is 1. The van der Waals surface area contributed by atoms with Crippen molar-refractivity contribution in [2.45, 2.75) is 19.1 Å². The summed E-state index contributed by atoms with van der Waals surface area (Å²) in [7, 11) is 3.14. The van der Waals surface area contributed by atoms with E-state index in [9.17, 15) is 9.90 Å². The lowest BCUT2D eigenvalue weighted by Gasteiger charge is -2.15. The number of ether oxygens (including phenoxy) is 2. The molecular formula is C20H24N2O4. The van der Waals surface area contributed by atoms with Crippen LogP contribution in [0.25, 0.3) is 0 Å². The number of hydrogen-bond donors (Lipinski definition) is 2. The van der Waals surface area contributed by atoms with Gasteiger partial charge in [0.1, 0.15) is 11.5 Å². The normalized spacial score (nSPS) is 17.1. The Hall–Kier alpha value is -2.57. The minimum atomic E-state index is -0.222. The van der Waals surface area contributed by atoms with Crippen molar-refractivity contribution >= 4 is 11.6 Å². The Morgan fingerprint density at radius 3 is 2.35 bits per heavy atom. The monoisotopic (exact) mass is 356 g/mol. The van der Waals surface area contributed by atoms with Gasteiger partial charge in [-0.25, -0.2) is 0 Å². The van der Waals surface area contributed by atoms with Crippen LogP contribution in [0.15, 0.2) is 42.5 Å². The van der Waals surface area contributed by atoms with Crippen molar-refractivity contribution in [1.82, 2.24) is 4.90 Å². The average Bonchev–Trinajstić information content (AvgIpc) is 3.06. The molecule has 2 N–H and O–H groups in total. The average molecular weight is 356 g/mol. The highest BCUT2D eigenvalue weighted by Gasteiger charge is 2.20. The number of amides is 1. The number of hydrogen-bond acceptors (Lipinski definition) is 5. The molecular weight excluding hydrogens is 332 g/mol. The van der Waals surface area contributed by atoms with Crippen molar-refractivity contribution in [3.8, 4) is 11.5 Å². The molecule has 2 aromatic rings. The van der Waals surface area contributed by atoms with Gasteiger partial charge in [0.25, 0.3) is 5.91 Å². The Bertz CT molecular complexity index is 739. The van der Waals surface area contributed by atoms with Crippen LogP contribution in [-0.2, 0) is 6.54 Å². The van der Waals surface area contributed by atoms with E-state index in [2.05, 4.69) is 10.2 Å². The van der Waals surface area contributed by atoms with Crippen molar-refractivity contribution in [3.63, 3.8) is 0 Å². The van der Waals surface area contributed by atoms with E-state index in [0.717, 1.165) is 25.1 Å². The van der Waals surface area contributed by atoms with Gasteiger partial charge in [-0.15, -0.1) is 0 Å². The molecule has 1 heterocycles. The molecule has 6 heteroatoms. The molecule has 0 aromatic heterocycles. The predicted molar refractivity (Wildman–Crippen MR) is 99.8 cm³/mol. The summed E-state index contributed by atoms with van der Waals surface area (Å²) in [4.78, 5) is 14.7. The van der Waals surface area contributed by atoms with Crippen molar-refractivity contribution < 1.29 is 19.4 Å². The molecule has 1 aliphatic rings. The molecule has 138 valence electrons. The SMILES string of the molecule is COc1cc(NC(=O)c2ccc(CN3CC[C@H](O)C3)cc2)cc(OC)c1. The van der Waals surface area contributed by atoms with Gasteiger partial charge in [-0.05, 0) is 24.1 Å². The number of aliphatic hydroxyl groups is 1. The fraction of sp³-hybridized carbons (Fsp3) is 0.350. The summed E-state index contributed by atoms with van der Waals surface area (Å²) < 4.78 is 10.4. The highest BCUT2D eigenvalue weighted by atomic mass is 16.5. The smallest absolute Gasteiger partial charge is 0.255 e. The van der Waals surface area contributed by atoms with Crippen LogP contribution in [0, 0.1) is 0 Å². The predicted octanol–water partition coefficient (Wildman–Crippen LogP) is 2.52. The van der Waals surface area contributed by atoms with Gasteiger partial charge in [0, 0.05) is 49.1 Å². The first-order valence-electron chi connectivity index (χ1n) is 8.61. The van der Waals surface area contributed by atoms with Gasteiger partial charge in [0.05, 0.1) is 20.3 Å². The van der Waals surface area contributed by atoms with Crippen LogP contribution in [0.1, 0.15) is 22.3 Å². The van der Waals surface area contributed by atoms with Gasteiger partial charge in [-0.2, -0.15) is 0 Å². The van der Waals surface area contributed by atoms with Gasteiger partial charge in [0.2, 0.25) is 0 Å². The maximum absolute atomic E-state index is 12.5. The Labute approximate surface area is 153 Å². The van der Waals surface area contributed by atoms with Crippen molar-refractivity contribution in [1.29, 1.82) is 0 Å². The summed E-state index contributed by atoms with van der Waals surface area (Å²) in [5.41, 5.74) is 2.32. The fourth-order valence-electron chi connectivity index (χ4n) is 3.06. The summed E-state index contributed by atoms with van der Waals surface area (Å²) in [6.07, 6.45) is 0.602. The quantitative estimate of drug-likeness (QED) is 0.832. The number of rotatable bonds is 6. The molecule has 0 spiro atoms. The molecule has 0 aliphatic carbocycles. The van der Waals surface area contributed by atoms with E-state index in [-0.39, 0.29) is 12.0 Å². The number of nitrogens with one attached hydrogen (secondary N) is 1. The van der Waals surface area contributed by atoms with E-state index >= 15 is 0 Å². The molecule has 26 heavy (non-hydrogen) atoms. The van der Waals surface area contributed by atoms with Crippen LogP contribution in [0.4, 0.5) is 5.69 Å². The molecule has 0 unspecified atom stereocenters. The van der Waals surface area contributed by atoms with E-state index < -0.39 is 0 Å². The number of nitrogens with zero attached hydrogens (tertiary/aromatic N) is 1. The summed E-state index contributed by atoms with van der Waals surface area (Å²) in [6, 6.07) is 12.8. The third-order valence-corrected chi connectivity index (χ3v) is 4.48. The Kier molecular flexibility index (Phi) is 5.75. The molecule has 0 radical (unpaired) electrons. The van der Waals surface area contributed by atoms with Gasteiger partial charge in [-0.1, -0.05) is 12.1 Å². The van der Waals surface area contributed by atoms with Gasteiger partial charge >= 0.3 is 0 Å². The van der Waals surface area contributed by atoms with E-state index in [1.165, 1.54) is 0 Å². The van der Waals surface area contributed by atoms with Crippen LogP contribution in [0.2, 0.25) is 0 Å². The molecule has 2 aromatic carbocycles. The Morgan fingerprint density at radius 2 is 1.81 bits per heavy atom. The first kappa shape index (κ1) is 18.2. The molecule has 0 bridgehead atoms. The van der Waals surface area contributed by atoms with Crippen LogP contribution in [0.5, 0.6) is 11.5 Å². The van der Waals surface area contributed by atoms with Crippen molar-refractivity contribution in [2.75, 3.05) is 32.6 Å². The van der Waals surface area contributed by atoms with Gasteiger partial charge in [-0.3, -0.25) is 9.69 Å². The summed E-state index contributed by atoms with van der Waals surface area (Å²) in [5, 5.41) is 12.5. The fourth-order valence-corrected chi connectivity index (χ4v) is 3.06. The second kappa shape index (κ2) is 8.21. The number of likely N-dealkylation sites (tertiary alicyclic amines) is 1. The molecule has 0 saturated carbocycles. The first-order valence-corrected chi connectivity index (χ1v) is 8.61. The zero-order valence-electron chi connectivity index (χ0n) is 15.1. The highest BCUT2D eigenvalue weighted by Crippen LogP contribution is 2.26. The first-order chi connectivity index (χ1) is 12.6. The Balaban J connectivity index is 1.64. The van der Waals surface area contributed by atoms with Gasteiger partial charge < -0.3 is 19.9 Å². The molecule has 1 saturated heterocycles. The topological polar surface area (TPSA) is 71.0 Å². The number of anilines is 1. The van der Waals surface area contributed by atoms with Crippen LogP contribution < -0.4 is 14.8 Å². The molecule has 1 amide bonds. The minimum absolute atomic E-state index is 0.191. The second-order valence-electron chi connectivity index (χ2n) is 6.43. The molecule has 1 fully saturated rings. The van der Waals surface area contributed by atoms with Crippen LogP contribution >= 0.6 is 0 Å². The maximum Gasteiger partial charge on any atom is 0.255 e. The molecule has 3 rings (SSSR count). The zero-order valence-corrected chi connectivity index (χ0v) is 15.1. The van der Waals surface area contributed by atoms with Crippen LogP contribution in [-0.4, -0.2) is 49.3 Å². The molecule has 1 aliphatic heterocycles. The van der Waals surface area contributed by atoms with Crippen molar-refractivity contribution in [3.05, 3.63) is 53.6 Å². The lowest BCUT2D eigenvalue weighted by Crippen LogP contribution is -2.21. The second-order valence-corrected chi connectivity index (χ2v) is 6.43. The summed E-state index contributed by atoms with van der Waals surface area (Å²) >= 11 is 0. The number of aliphatic hydroxyl groups excluding tert-OH is 1. The number of carbonyl (C=O) groups is 1. The van der Waals surface area contributed by atoms with Crippen LogP contribution in [0.3, 0.4) is 0 Å². The maximum atomic E-state index is 12.5. The Morgan fingerprint density at radius 1 is 1.15 bits per heavy atom. The third kappa shape index (κ3) is 4.53. The lowest BCUT2D eigenvalue weighted by atomic mass is 10.1. The lowest BCUT2D eigenvalue weighted by molar-refractivity contribution is 0.102.